The number of amides is 2. The summed E-state index contributed by atoms with van der Waals surface area (Å²) in [5.41, 5.74) is 7.73. The molecular formula is C16H13Cl2N3O4. The number of ether oxygens (including phenoxy) is 2. The van der Waals surface area contributed by atoms with Crippen molar-refractivity contribution in [1.29, 1.82) is 0 Å². The van der Waals surface area contributed by atoms with Crippen molar-refractivity contribution in [2.24, 2.45) is 10.8 Å². The van der Waals surface area contributed by atoms with Crippen LogP contribution in [0.25, 0.3) is 0 Å². The molecule has 0 spiro atoms. The van der Waals surface area contributed by atoms with Gasteiger partial charge >= 0.3 is 12.0 Å². The topological polar surface area (TPSA) is 103 Å². The smallest absolute Gasteiger partial charge is 0.345 e. The average molecular weight is 382 g/mol. The van der Waals surface area contributed by atoms with Crippen LogP contribution < -0.4 is 20.6 Å². The highest BCUT2D eigenvalue weighted by Crippen LogP contribution is 2.29. The number of rotatable bonds is 5. The van der Waals surface area contributed by atoms with Crippen molar-refractivity contribution in [1.82, 2.24) is 5.43 Å². The molecule has 25 heavy (non-hydrogen) atoms. The highest BCUT2D eigenvalue weighted by atomic mass is 35.5. The highest BCUT2D eigenvalue weighted by Gasteiger charge is 2.16. The van der Waals surface area contributed by atoms with E-state index in [1.54, 1.807) is 12.1 Å². The van der Waals surface area contributed by atoms with Crippen LogP contribution in [0.4, 0.5) is 4.79 Å². The number of hydrogen-bond donors (Lipinski definition) is 2. The van der Waals surface area contributed by atoms with Crippen molar-refractivity contribution in [2.75, 3.05) is 7.11 Å². The van der Waals surface area contributed by atoms with Gasteiger partial charge in [-0.3, -0.25) is 0 Å². The number of hydrogen-bond acceptors (Lipinski definition) is 5. The van der Waals surface area contributed by atoms with E-state index in [-0.39, 0.29) is 16.3 Å². The van der Waals surface area contributed by atoms with Gasteiger partial charge in [0.25, 0.3) is 0 Å². The normalized spacial score (nSPS) is 10.5. The average Bonchev–Trinajstić information content (AvgIpc) is 2.55. The van der Waals surface area contributed by atoms with Gasteiger partial charge in [0.2, 0.25) is 0 Å². The largest absolute Gasteiger partial charge is 0.493 e. The molecule has 0 heterocycles. The first-order valence-electron chi connectivity index (χ1n) is 6.84. The summed E-state index contributed by atoms with van der Waals surface area (Å²) in [4.78, 5) is 22.8. The number of primary amides is 1. The van der Waals surface area contributed by atoms with Crippen molar-refractivity contribution in [2.45, 2.75) is 0 Å². The van der Waals surface area contributed by atoms with E-state index in [1.165, 1.54) is 37.6 Å². The molecule has 7 nitrogen and oxygen atoms in total. The van der Waals surface area contributed by atoms with Crippen LogP contribution in [0.1, 0.15) is 15.9 Å². The Morgan fingerprint density at radius 1 is 1.16 bits per heavy atom. The van der Waals surface area contributed by atoms with Gasteiger partial charge in [0.15, 0.2) is 11.5 Å². The van der Waals surface area contributed by atoms with Crippen molar-refractivity contribution in [3.63, 3.8) is 0 Å². The Kier molecular flexibility index (Phi) is 6.21. The Bertz CT molecular complexity index is 840. The van der Waals surface area contributed by atoms with Crippen molar-refractivity contribution in [3.05, 3.63) is 57.6 Å². The maximum atomic E-state index is 12.3. The van der Waals surface area contributed by atoms with E-state index >= 15 is 0 Å². The van der Waals surface area contributed by atoms with E-state index in [9.17, 15) is 9.59 Å². The van der Waals surface area contributed by atoms with Crippen molar-refractivity contribution < 1.29 is 19.1 Å². The molecule has 0 radical (unpaired) electrons. The lowest BCUT2D eigenvalue weighted by atomic mass is 10.2. The molecule has 0 aromatic heterocycles. The van der Waals surface area contributed by atoms with Crippen LogP contribution in [0.15, 0.2) is 41.5 Å². The minimum Gasteiger partial charge on any atom is -0.493 e. The molecule has 0 fully saturated rings. The standard InChI is InChI=1S/C16H13Cl2N3O4/c1-24-14-6-9(8-20-21-16(19)23)2-5-13(14)25-15(22)11-4-3-10(17)7-12(11)18/h2-8H,1H3,(H3,19,21,23). The minimum absolute atomic E-state index is 0.171. The van der Waals surface area contributed by atoms with E-state index < -0.39 is 12.0 Å². The van der Waals surface area contributed by atoms with Gasteiger partial charge in [-0.2, -0.15) is 5.10 Å². The third kappa shape index (κ3) is 5.10. The fourth-order valence-electron chi connectivity index (χ4n) is 1.83. The molecule has 0 aliphatic carbocycles. The van der Waals surface area contributed by atoms with Crippen LogP contribution in [-0.2, 0) is 0 Å². The summed E-state index contributed by atoms with van der Waals surface area (Å²) < 4.78 is 10.5. The zero-order valence-corrected chi connectivity index (χ0v) is 14.5. The summed E-state index contributed by atoms with van der Waals surface area (Å²) in [7, 11) is 1.42. The van der Waals surface area contributed by atoms with Crippen molar-refractivity contribution in [3.8, 4) is 11.5 Å². The monoisotopic (exact) mass is 381 g/mol. The number of carbonyl (C=O) groups is 2. The first-order valence-corrected chi connectivity index (χ1v) is 7.60. The molecule has 2 amide bonds. The van der Waals surface area contributed by atoms with Crippen LogP contribution in [0.3, 0.4) is 0 Å². The molecule has 130 valence electrons. The number of methoxy groups -OCH3 is 1. The molecule has 0 atom stereocenters. The van der Waals surface area contributed by atoms with Gasteiger partial charge in [-0.05, 0) is 42.0 Å². The number of esters is 1. The summed E-state index contributed by atoms with van der Waals surface area (Å²) in [6.07, 6.45) is 1.36. The molecule has 2 aromatic carbocycles. The Balaban J connectivity index is 2.20. The fraction of sp³-hybridized carbons (Fsp3) is 0.0625. The van der Waals surface area contributed by atoms with Gasteiger partial charge in [-0.1, -0.05) is 23.2 Å². The maximum Gasteiger partial charge on any atom is 0.345 e. The zero-order valence-electron chi connectivity index (χ0n) is 13.0. The van der Waals surface area contributed by atoms with Gasteiger partial charge in [-0.25, -0.2) is 15.0 Å². The van der Waals surface area contributed by atoms with Crippen LogP contribution in [0.2, 0.25) is 10.0 Å². The first-order chi connectivity index (χ1) is 11.9. The number of nitrogens with one attached hydrogen (secondary N) is 1. The quantitative estimate of drug-likeness (QED) is 0.359. The Labute approximate surface area is 153 Å². The molecular weight excluding hydrogens is 369 g/mol. The highest BCUT2D eigenvalue weighted by molar-refractivity contribution is 6.36. The van der Waals surface area contributed by atoms with Gasteiger partial charge in [0, 0.05) is 5.02 Å². The predicted octanol–water partition coefficient (Wildman–Crippen LogP) is 3.22. The maximum absolute atomic E-state index is 12.3. The lowest BCUT2D eigenvalue weighted by Gasteiger charge is -2.10. The first kappa shape index (κ1) is 18.6. The molecule has 3 N–H and O–H groups in total. The number of urea groups is 1. The lowest BCUT2D eigenvalue weighted by molar-refractivity contribution is 0.0730. The van der Waals surface area contributed by atoms with E-state index in [1.807, 2.05) is 0 Å². The molecule has 0 unspecified atom stereocenters. The molecule has 2 rings (SSSR count). The second kappa shape index (κ2) is 8.36. The third-order valence-electron chi connectivity index (χ3n) is 2.93. The molecule has 0 aliphatic rings. The second-order valence-corrected chi connectivity index (χ2v) is 5.50. The minimum atomic E-state index is -0.784. The van der Waals surface area contributed by atoms with Crippen LogP contribution in [-0.4, -0.2) is 25.3 Å². The Hall–Kier alpha value is -2.77. The molecule has 9 heteroatoms. The number of hydrazone groups is 1. The van der Waals surface area contributed by atoms with Crippen LogP contribution in [0, 0.1) is 0 Å². The molecule has 0 saturated carbocycles. The van der Waals surface area contributed by atoms with E-state index in [2.05, 4.69) is 10.5 Å². The molecule has 0 aliphatic heterocycles. The summed E-state index contributed by atoms with van der Waals surface area (Å²) in [5, 5.41) is 4.22. The third-order valence-corrected chi connectivity index (χ3v) is 3.48. The van der Waals surface area contributed by atoms with Crippen LogP contribution in [0.5, 0.6) is 11.5 Å². The summed E-state index contributed by atoms with van der Waals surface area (Å²) >= 11 is 11.8. The number of carbonyl (C=O) groups excluding carboxylic acids is 2. The summed E-state index contributed by atoms with van der Waals surface area (Å²) in [6.45, 7) is 0. The van der Waals surface area contributed by atoms with E-state index in [4.69, 9.17) is 38.4 Å². The molecule has 0 bridgehead atoms. The SMILES string of the molecule is COc1cc(C=NNC(N)=O)ccc1OC(=O)c1ccc(Cl)cc1Cl. The van der Waals surface area contributed by atoms with Crippen molar-refractivity contribution >= 4 is 41.4 Å². The van der Waals surface area contributed by atoms with E-state index in [0.29, 0.717) is 16.3 Å². The number of nitrogens with zero attached hydrogens (tertiary/aromatic N) is 1. The molecule has 0 saturated heterocycles. The summed E-state index contributed by atoms with van der Waals surface area (Å²) in [5.74, 6) is -0.170. The Morgan fingerprint density at radius 2 is 1.92 bits per heavy atom. The van der Waals surface area contributed by atoms with Gasteiger partial charge < -0.3 is 15.2 Å². The second-order valence-electron chi connectivity index (χ2n) is 4.66. The zero-order chi connectivity index (χ0) is 18.4. The number of benzene rings is 2. The predicted molar refractivity (Wildman–Crippen MR) is 94.7 cm³/mol. The van der Waals surface area contributed by atoms with Gasteiger partial charge in [0.05, 0.1) is 23.9 Å². The van der Waals surface area contributed by atoms with Crippen LogP contribution >= 0.6 is 23.2 Å². The number of halogens is 2. The van der Waals surface area contributed by atoms with E-state index in [0.717, 1.165) is 0 Å². The molecule has 2 aromatic rings. The van der Waals surface area contributed by atoms with Gasteiger partial charge in [-0.15, -0.1) is 0 Å². The number of nitrogens with two attached hydrogens (primary N) is 1. The lowest BCUT2D eigenvalue weighted by Crippen LogP contribution is -2.24. The van der Waals surface area contributed by atoms with Gasteiger partial charge in [0.1, 0.15) is 0 Å². The Morgan fingerprint density at radius 3 is 2.56 bits per heavy atom. The summed E-state index contributed by atoms with van der Waals surface area (Å²) in [6, 6.07) is 8.37. The fourth-order valence-corrected chi connectivity index (χ4v) is 2.31.